The highest BCUT2D eigenvalue weighted by atomic mass is 35.5. The van der Waals surface area contributed by atoms with Crippen LogP contribution in [0, 0.1) is 17.8 Å². The Bertz CT molecular complexity index is 1070. The van der Waals surface area contributed by atoms with Gasteiger partial charge < -0.3 is 14.5 Å². The van der Waals surface area contributed by atoms with E-state index in [4.69, 9.17) is 16.1 Å². The average Bonchev–Trinajstić information content (AvgIpc) is 2.72. The Morgan fingerprint density at radius 1 is 1.09 bits per heavy atom. The molecule has 6 rings (SSSR count). The number of benzene rings is 2. The lowest BCUT2D eigenvalue weighted by Crippen LogP contribution is -2.48. The van der Waals surface area contributed by atoms with Crippen molar-refractivity contribution < 1.29 is 19.1 Å². The monoisotopic (exact) mass is 472 g/mol. The Balaban J connectivity index is 1.45. The second kappa shape index (κ2) is 8.33. The summed E-state index contributed by atoms with van der Waals surface area (Å²) in [6.07, 6.45) is 9.22. The van der Waals surface area contributed by atoms with Gasteiger partial charge in [0.25, 0.3) is 0 Å². The molecule has 4 saturated carbocycles. The third kappa shape index (κ3) is 4.19. The van der Waals surface area contributed by atoms with Crippen molar-refractivity contribution in [3.63, 3.8) is 0 Å². The van der Waals surface area contributed by atoms with E-state index >= 15 is 0 Å². The van der Waals surface area contributed by atoms with E-state index in [-0.39, 0.29) is 12.0 Å². The molecule has 1 unspecified atom stereocenters. The number of aromatic hydroxyl groups is 1. The third-order valence-electron chi connectivity index (χ3n) is 7.68. The molecular formula is C26H30ClO4P. The molecule has 0 heterocycles. The van der Waals surface area contributed by atoms with Crippen LogP contribution >= 0.6 is 19.2 Å². The van der Waals surface area contributed by atoms with Gasteiger partial charge in [0.05, 0.1) is 6.61 Å². The van der Waals surface area contributed by atoms with Crippen LogP contribution in [0.5, 0.6) is 5.75 Å². The molecule has 0 amide bonds. The standard InChI is InChI=1S/C26H30ClO4P/c1-2-31-32(29,30)8-7-17-3-5-22(24(27)12-17)21-4-6-25(28)23(13-21)26-14-18-9-19(15-26)11-20(10-18)16-26/h3-8,12-13,18-20,28H,2,9-11,14-16H2,1H3,(H,29,30)/b8-7+. The molecule has 0 saturated heterocycles. The quantitative estimate of drug-likeness (QED) is 0.430. The van der Waals surface area contributed by atoms with Crippen molar-refractivity contribution in [1.82, 2.24) is 0 Å². The van der Waals surface area contributed by atoms with Crippen LogP contribution in [0.15, 0.2) is 42.2 Å². The Labute approximate surface area is 194 Å². The number of phenols is 1. The second-order valence-corrected chi connectivity index (χ2v) is 12.1. The first-order valence-corrected chi connectivity index (χ1v) is 13.6. The molecule has 4 aliphatic rings. The van der Waals surface area contributed by atoms with Gasteiger partial charge in [-0.3, -0.25) is 4.57 Å². The molecular weight excluding hydrogens is 443 g/mol. The van der Waals surface area contributed by atoms with Crippen molar-refractivity contribution in [3.8, 4) is 16.9 Å². The van der Waals surface area contributed by atoms with Gasteiger partial charge in [-0.1, -0.05) is 29.8 Å². The van der Waals surface area contributed by atoms with Crippen molar-refractivity contribution in [3.05, 3.63) is 58.4 Å². The zero-order valence-electron chi connectivity index (χ0n) is 18.3. The van der Waals surface area contributed by atoms with E-state index < -0.39 is 7.60 Å². The van der Waals surface area contributed by atoms with E-state index in [1.165, 1.54) is 44.3 Å². The van der Waals surface area contributed by atoms with Crippen molar-refractivity contribution in [2.45, 2.75) is 50.9 Å². The maximum Gasteiger partial charge on any atom is 0.351 e. The SMILES string of the molecule is CCOP(=O)(O)/C=C/c1ccc(-c2ccc(O)c(C34CC5CC(CC(C5)C3)C4)c2)c(Cl)c1. The normalized spacial score (nSPS) is 30.7. The second-order valence-electron chi connectivity index (χ2n) is 9.97. The first-order chi connectivity index (χ1) is 15.3. The van der Waals surface area contributed by atoms with Gasteiger partial charge >= 0.3 is 7.60 Å². The third-order valence-corrected chi connectivity index (χ3v) is 9.15. The molecule has 4 bridgehead atoms. The summed E-state index contributed by atoms with van der Waals surface area (Å²) in [5.41, 5.74) is 3.81. The smallest absolute Gasteiger partial charge is 0.351 e. The van der Waals surface area contributed by atoms with Crippen molar-refractivity contribution in [1.29, 1.82) is 0 Å². The maximum atomic E-state index is 11.9. The lowest BCUT2D eigenvalue weighted by molar-refractivity contribution is -0.00611. The van der Waals surface area contributed by atoms with Crippen LogP contribution in [0.1, 0.15) is 56.6 Å². The van der Waals surface area contributed by atoms with Gasteiger partial charge in [-0.2, -0.15) is 0 Å². The molecule has 0 radical (unpaired) electrons. The van der Waals surface area contributed by atoms with E-state index in [2.05, 4.69) is 6.07 Å². The molecule has 32 heavy (non-hydrogen) atoms. The molecule has 4 fully saturated rings. The zero-order chi connectivity index (χ0) is 22.5. The van der Waals surface area contributed by atoms with Crippen molar-refractivity contribution >= 4 is 25.3 Å². The van der Waals surface area contributed by atoms with Gasteiger partial charge in [0.2, 0.25) is 0 Å². The molecule has 4 aliphatic carbocycles. The summed E-state index contributed by atoms with van der Waals surface area (Å²) < 4.78 is 16.7. The minimum absolute atomic E-state index is 0.103. The number of phenolic OH excluding ortho intramolecular Hbond substituents is 1. The summed E-state index contributed by atoms with van der Waals surface area (Å²) in [4.78, 5) is 9.74. The molecule has 2 aromatic carbocycles. The van der Waals surface area contributed by atoms with Crippen LogP contribution in [0.2, 0.25) is 5.02 Å². The highest BCUT2D eigenvalue weighted by Crippen LogP contribution is 2.62. The van der Waals surface area contributed by atoms with Gasteiger partial charge in [0.1, 0.15) is 5.75 Å². The molecule has 0 aromatic heterocycles. The van der Waals surface area contributed by atoms with Crippen molar-refractivity contribution in [2.24, 2.45) is 17.8 Å². The molecule has 4 nitrogen and oxygen atoms in total. The van der Waals surface area contributed by atoms with E-state index in [1.807, 2.05) is 24.3 Å². The Morgan fingerprint density at radius 3 is 2.34 bits per heavy atom. The number of hydrogen-bond donors (Lipinski definition) is 2. The van der Waals surface area contributed by atoms with Gasteiger partial charge in [0.15, 0.2) is 0 Å². The van der Waals surface area contributed by atoms with Gasteiger partial charge in [-0.05, 0) is 104 Å². The number of hydrogen-bond acceptors (Lipinski definition) is 3. The fourth-order valence-electron chi connectivity index (χ4n) is 6.85. The van der Waals surface area contributed by atoms with Gasteiger partial charge in [-0.15, -0.1) is 0 Å². The van der Waals surface area contributed by atoms with E-state index in [0.717, 1.165) is 40.0 Å². The first kappa shape index (κ1) is 22.2. The molecule has 0 spiro atoms. The van der Waals surface area contributed by atoms with Crippen LogP contribution in [0.3, 0.4) is 0 Å². The van der Waals surface area contributed by atoms with Crippen LogP contribution < -0.4 is 0 Å². The first-order valence-electron chi connectivity index (χ1n) is 11.6. The molecule has 1 atom stereocenters. The average molecular weight is 473 g/mol. The maximum absolute atomic E-state index is 11.9. The number of halogens is 1. The van der Waals surface area contributed by atoms with Crippen LogP contribution in [-0.2, 0) is 14.5 Å². The summed E-state index contributed by atoms with van der Waals surface area (Å²) >= 11 is 6.63. The Hall–Kier alpha value is -1.58. The minimum atomic E-state index is -3.73. The molecule has 170 valence electrons. The summed E-state index contributed by atoms with van der Waals surface area (Å²) in [6, 6.07) is 11.5. The van der Waals surface area contributed by atoms with Crippen molar-refractivity contribution in [2.75, 3.05) is 6.61 Å². The van der Waals surface area contributed by atoms with Crippen LogP contribution in [0.25, 0.3) is 17.2 Å². The number of rotatable bonds is 6. The van der Waals surface area contributed by atoms with Gasteiger partial charge in [-0.25, -0.2) is 0 Å². The summed E-state index contributed by atoms with van der Waals surface area (Å²) in [5.74, 6) is 4.00. The predicted molar refractivity (Wildman–Crippen MR) is 129 cm³/mol. The molecule has 0 aliphatic heterocycles. The van der Waals surface area contributed by atoms with E-state index in [9.17, 15) is 14.6 Å². The predicted octanol–water partition coefficient (Wildman–Crippen LogP) is 7.37. The molecule has 2 aromatic rings. The molecule has 6 heteroatoms. The highest BCUT2D eigenvalue weighted by Gasteiger charge is 2.52. The van der Waals surface area contributed by atoms with Crippen LogP contribution in [0.4, 0.5) is 0 Å². The topological polar surface area (TPSA) is 66.8 Å². The lowest BCUT2D eigenvalue weighted by atomic mass is 9.48. The van der Waals surface area contributed by atoms with E-state index in [0.29, 0.717) is 10.8 Å². The lowest BCUT2D eigenvalue weighted by Gasteiger charge is -2.57. The minimum Gasteiger partial charge on any atom is -0.508 e. The zero-order valence-corrected chi connectivity index (χ0v) is 20.0. The Kier molecular flexibility index (Phi) is 5.78. The summed E-state index contributed by atoms with van der Waals surface area (Å²) in [5, 5.41) is 11.4. The largest absolute Gasteiger partial charge is 0.508 e. The van der Waals surface area contributed by atoms with Gasteiger partial charge in [0, 0.05) is 22.0 Å². The fraction of sp³-hybridized carbons (Fsp3) is 0.462. The van der Waals surface area contributed by atoms with Crippen LogP contribution in [-0.4, -0.2) is 16.6 Å². The fourth-order valence-corrected chi connectivity index (χ4v) is 7.96. The molecule has 2 N–H and O–H groups in total. The summed E-state index contributed by atoms with van der Waals surface area (Å²) in [7, 11) is -3.73. The summed E-state index contributed by atoms with van der Waals surface area (Å²) in [6.45, 7) is 1.85. The van der Waals surface area contributed by atoms with E-state index in [1.54, 1.807) is 19.1 Å². The highest BCUT2D eigenvalue weighted by molar-refractivity contribution is 7.56. The Morgan fingerprint density at radius 2 is 1.75 bits per heavy atom.